The van der Waals surface area contributed by atoms with Gasteiger partial charge in [-0.15, -0.1) is 0 Å². The third-order valence-corrected chi connectivity index (χ3v) is 5.65. The lowest BCUT2D eigenvalue weighted by Gasteiger charge is -2.34. The number of nitrogens with zero attached hydrogens (tertiary/aromatic N) is 3. The molecule has 1 unspecified atom stereocenters. The number of aryl methyl sites for hydroxylation is 2. The molecule has 2 aliphatic rings. The molecule has 1 saturated heterocycles. The van der Waals surface area contributed by atoms with Crippen LogP contribution >= 0.6 is 0 Å². The maximum atomic E-state index is 11.9. The summed E-state index contributed by atoms with van der Waals surface area (Å²) in [7, 11) is -2.98. The molecule has 7 nitrogen and oxygen atoms in total. The average Bonchev–Trinajstić information content (AvgIpc) is 2.89. The van der Waals surface area contributed by atoms with E-state index in [0.29, 0.717) is 18.7 Å². The lowest BCUT2D eigenvalue weighted by Crippen LogP contribution is -2.46. The van der Waals surface area contributed by atoms with Crippen molar-refractivity contribution in [3.05, 3.63) is 5.69 Å². The Morgan fingerprint density at radius 2 is 2.20 bits per heavy atom. The first-order valence-electron chi connectivity index (χ1n) is 6.75. The zero-order chi connectivity index (χ0) is 14.5. The van der Waals surface area contributed by atoms with E-state index >= 15 is 0 Å². The van der Waals surface area contributed by atoms with Crippen LogP contribution in [0.25, 0.3) is 0 Å². The zero-order valence-corrected chi connectivity index (χ0v) is 12.4. The standard InChI is InChI=1S/C12H18N4O3S/c1-3-16-12-11(8(2)14-16)13-10(17)6-15(12)9-4-5-20(18,19)7-9/h9H,3-7H2,1-2H3,(H,13,17). The topological polar surface area (TPSA) is 84.3 Å². The third kappa shape index (κ3) is 2.07. The molecule has 0 aliphatic carbocycles. The van der Waals surface area contributed by atoms with Crippen LogP contribution in [0.3, 0.4) is 0 Å². The number of carbonyl (C=O) groups excluding carboxylic acids is 1. The second kappa shape index (κ2) is 4.47. The monoisotopic (exact) mass is 298 g/mol. The highest BCUT2D eigenvalue weighted by Gasteiger charge is 2.38. The van der Waals surface area contributed by atoms with E-state index in [2.05, 4.69) is 10.4 Å². The molecule has 0 saturated carbocycles. The van der Waals surface area contributed by atoms with E-state index in [1.54, 1.807) is 0 Å². The molecule has 0 bridgehead atoms. The van der Waals surface area contributed by atoms with Gasteiger partial charge in [0, 0.05) is 12.6 Å². The van der Waals surface area contributed by atoms with E-state index in [4.69, 9.17) is 0 Å². The van der Waals surface area contributed by atoms with Crippen LogP contribution in [0.4, 0.5) is 11.5 Å². The molecule has 3 heterocycles. The lowest BCUT2D eigenvalue weighted by atomic mass is 10.1. The largest absolute Gasteiger partial charge is 0.342 e. The number of anilines is 2. The number of amides is 1. The second-order valence-corrected chi connectivity index (χ2v) is 7.56. The van der Waals surface area contributed by atoms with Gasteiger partial charge < -0.3 is 10.2 Å². The molecule has 1 atom stereocenters. The summed E-state index contributed by atoms with van der Waals surface area (Å²) < 4.78 is 25.2. The molecule has 3 rings (SSSR count). The van der Waals surface area contributed by atoms with Crippen LogP contribution in [0, 0.1) is 6.92 Å². The number of hydrogen-bond acceptors (Lipinski definition) is 5. The minimum absolute atomic E-state index is 0.111. The van der Waals surface area contributed by atoms with E-state index in [1.165, 1.54) is 0 Å². The molecule has 0 radical (unpaired) electrons. The molecule has 0 spiro atoms. The van der Waals surface area contributed by atoms with Gasteiger partial charge in [-0.05, 0) is 20.3 Å². The summed E-state index contributed by atoms with van der Waals surface area (Å²) in [6, 6.07) is -0.133. The van der Waals surface area contributed by atoms with Gasteiger partial charge in [0.15, 0.2) is 15.7 Å². The van der Waals surface area contributed by atoms with Gasteiger partial charge in [0.05, 0.1) is 23.7 Å². The van der Waals surface area contributed by atoms with Crippen molar-refractivity contribution in [3.8, 4) is 0 Å². The van der Waals surface area contributed by atoms with Crippen molar-refractivity contribution in [2.45, 2.75) is 32.9 Å². The number of nitrogens with one attached hydrogen (secondary N) is 1. The molecule has 110 valence electrons. The smallest absolute Gasteiger partial charge is 0.244 e. The summed E-state index contributed by atoms with van der Waals surface area (Å²) in [4.78, 5) is 13.8. The van der Waals surface area contributed by atoms with Crippen LogP contribution in [-0.2, 0) is 21.2 Å². The van der Waals surface area contributed by atoms with E-state index < -0.39 is 9.84 Å². The first-order valence-corrected chi connectivity index (χ1v) is 8.57. The van der Waals surface area contributed by atoms with Gasteiger partial charge in [0.1, 0.15) is 5.69 Å². The summed E-state index contributed by atoms with van der Waals surface area (Å²) >= 11 is 0. The fraction of sp³-hybridized carbons (Fsp3) is 0.667. The molecular weight excluding hydrogens is 280 g/mol. The van der Waals surface area contributed by atoms with E-state index in [-0.39, 0.29) is 30.0 Å². The fourth-order valence-corrected chi connectivity index (χ4v) is 4.69. The number of sulfone groups is 1. The fourth-order valence-electron chi connectivity index (χ4n) is 2.96. The maximum Gasteiger partial charge on any atom is 0.244 e. The van der Waals surface area contributed by atoms with Crippen LogP contribution in [0.1, 0.15) is 19.0 Å². The SMILES string of the molecule is CCn1nc(C)c2c1N(C1CCS(=O)(=O)C1)CC(=O)N2. The van der Waals surface area contributed by atoms with Crippen molar-refractivity contribution in [2.75, 3.05) is 28.3 Å². The minimum atomic E-state index is -2.98. The number of rotatable bonds is 2. The second-order valence-electron chi connectivity index (χ2n) is 5.33. The van der Waals surface area contributed by atoms with Gasteiger partial charge in [0.25, 0.3) is 0 Å². The normalized spacial score (nSPS) is 24.6. The Morgan fingerprint density at radius 1 is 1.45 bits per heavy atom. The molecule has 1 N–H and O–H groups in total. The highest BCUT2D eigenvalue weighted by Crippen LogP contribution is 2.35. The van der Waals surface area contributed by atoms with Gasteiger partial charge >= 0.3 is 0 Å². The van der Waals surface area contributed by atoms with Crippen molar-refractivity contribution in [1.29, 1.82) is 0 Å². The van der Waals surface area contributed by atoms with Crippen molar-refractivity contribution < 1.29 is 13.2 Å². The molecule has 2 aliphatic heterocycles. The Hall–Kier alpha value is -1.57. The Balaban J connectivity index is 2.04. The zero-order valence-electron chi connectivity index (χ0n) is 11.6. The predicted molar refractivity (Wildman–Crippen MR) is 75.7 cm³/mol. The lowest BCUT2D eigenvalue weighted by molar-refractivity contribution is -0.115. The first-order chi connectivity index (χ1) is 9.41. The van der Waals surface area contributed by atoms with Gasteiger partial charge in [0.2, 0.25) is 5.91 Å². The molecule has 1 fully saturated rings. The molecule has 1 amide bonds. The highest BCUT2D eigenvalue weighted by atomic mass is 32.2. The Bertz CT molecular complexity index is 664. The summed E-state index contributed by atoms with van der Waals surface area (Å²) in [5, 5.41) is 7.26. The van der Waals surface area contributed by atoms with E-state index in [0.717, 1.165) is 11.5 Å². The summed E-state index contributed by atoms with van der Waals surface area (Å²) in [6.45, 7) is 4.70. The van der Waals surface area contributed by atoms with Crippen LogP contribution in [0.15, 0.2) is 0 Å². The molecule has 8 heteroatoms. The average molecular weight is 298 g/mol. The van der Waals surface area contributed by atoms with Crippen LogP contribution in [0.2, 0.25) is 0 Å². The van der Waals surface area contributed by atoms with Crippen LogP contribution in [-0.4, -0.2) is 48.2 Å². The quantitative estimate of drug-likeness (QED) is 0.840. The molecule has 20 heavy (non-hydrogen) atoms. The summed E-state index contributed by atoms with van der Waals surface area (Å²) in [6.07, 6.45) is 0.572. The van der Waals surface area contributed by atoms with Crippen molar-refractivity contribution in [1.82, 2.24) is 9.78 Å². The third-order valence-electron chi connectivity index (χ3n) is 3.90. The molecular formula is C12H18N4O3S. The van der Waals surface area contributed by atoms with E-state index in [1.807, 2.05) is 23.4 Å². The predicted octanol–water partition coefficient (Wildman–Crippen LogP) is 0.157. The van der Waals surface area contributed by atoms with Gasteiger partial charge in [-0.25, -0.2) is 13.1 Å². The summed E-state index contributed by atoms with van der Waals surface area (Å²) in [5.74, 6) is 1.05. The summed E-state index contributed by atoms with van der Waals surface area (Å²) in [5.41, 5.74) is 1.48. The van der Waals surface area contributed by atoms with E-state index in [9.17, 15) is 13.2 Å². The number of hydrogen-bond donors (Lipinski definition) is 1. The van der Waals surface area contributed by atoms with Gasteiger partial charge in [-0.3, -0.25) is 4.79 Å². The van der Waals surface area contributed by atoms with Crippen LogP contribution < -0.4 is 10.2 Å². The minimum Gasteiger partial charge on any atom is -0.342 e. The molecule has 1 aromatic rings. The maximum absolute atomic E-state index is 11.9. The van der Waals surface area contributed by atoms with Gasteiger partial charge in [-0.2, -0.15) is 5.10 Å². The number of fused-ring (bicyclic) bond motifs is 1. The Morgan fingerprint density at radius 3 is 2.80 bits per heavy atom. The van der Waals surface area contributed by atoms with Gasteiger partial charge in [-0.1, -0.05) is 0 Å². The van der Waals surface area contributed by atoms with Crippen molar-refractivity contribution in [3.63, 3.8) is 0 Å². The number of carbonyl (C=O) groups is 1. The first kappa shape index (κ1) is 13.4. The molecule has 0 aromatic carbocycles. The Kier molecular flexibility index (Phi) is 3.00. The van der Waals surface area contributed by atoms with Crippen LogP contribution in [0.5, 0.6) is 0 Å². The number of aromatic nitrogens is 2. The highest BCUT2D eigenvalue weighted by molar-refractivity contribution is 7.91. The Labute approximate surface area is 117 Å². The van der Waals surface area contributed by atoms with Crippen molar-refractivity contribution >= 4 is 27.2 Å². The molecule has 1 aromatic heterocycles. The van der Waals surface area contributed by atoms with Crippen molar-refractivity contribution in [2.24, 2.45) is 0 Å².